The van der Waals surface area contributed by atoms with Crippen molar-refractivity contribution in [1.29, 1.82) is 0 Å². The van der Waals surface area contributed by atoms with Crippen LogP contribution in [0.5, 0.6) is 11.5 Å². The number of ether oxygens (including phenoxy) is 2. The Morgan fingerprint density at radius 3 is 1.97 bits per heavy atom. The third-order valence-electron chi connectivity index (χ3n) is 6.76. The zero-order valence-electron chi connectivity index (χ0n) is 20.2. The van der Waals surface area contributed by atoms with Gasteiger partial charge in [-0.3, -0.25) is 9.89 Å². The molecular weight excluding hydrogens is 483 g/mol. The SMILES string of the molecule is Cc1[nH]n(-c2ccccc2)c(=O)c1C(c1ccc2c(c1)OCO2)P(=O)(c1ccccc1)c1ccccc1. The molecule has 2 heterocycles. The molecule has 6 rings (SSSR count). The molecule has 0 radical (unpaired) electrons. The van der Waals surface area contributed by atoms with Crippen LogP contribution in [0.4, 0.5) is 0 Å². The molecule has 0 fully saturated rings. The van der Waals surface area contributed by atoms with Gasteiger partial charge in [0, 0.05) is 16.3 Å². The van der Waals surface area contributed by atoms with Crippen LogP contribution in [0, 0.1) is 6.92 Å². The molecule has 7 heteroatoms. The number of aryl methyl sites for hydroxylation is 1. The van der Waals surface area contributed by atoms with Crippen LogP contribution in [0.3, 0.4) is 0 Å². The maximum Gasteiger partial charge on any atom is 0.275 e. The van der Waals surface area contributed by atoms with Crippen LogP contribution in [0.1, 0.15) is 22.5 Å². The number of aromatic amines is 1. The molecule has 0 saturated heterocycles. The number of hydrogen-bond acceptors (Lipinski definition) is 4. The first kappa shape index (κ1) is 23.1. The Bertz CT molecular complexity index is 1620. The van der Waals surface area contributed by atoms with Crippen LogP contribution in [-0.2, 0) is 4.57 Å². The van der Waals surface area contributed by atoms with Crippen LogP contribution in [0.25, 0.3) is 5.69 Å². The molecule has 1 atom stereocenters. The van der Waals surface area contributed by atoms with E-state index in [9.17, 15) is 4.79 Å². The second kappa shape index (κ2) is 9.30. The van der Waals surface area contributed by atoms with Gasteiger partial charge in [-0.05, 0) is 36.8 Å². The lowest BCUT2D eigenvalue weighted by Crippen LogP contribution is -2.27. The lowest BCUT2D eigenvalue weighted by molar-refractivity contribution is 0.174. The normalized spacial score (nSPS) is 13.4. The number of nitrogens with zero attached hydrogens (tertiary/aromatic N) is 1. The van der Waals surface area contributed by atoms with E-state index in [0.717, 1.165) is 5.56 Å². The van der Waals surface area contributed by atoms with Gasteiger partial charge in [-0.25, -0.2) is 4.68 Å². The number of fused-ring (bicyclic) bond motifs is 1. The van der Waals surface area contributed by atoms with Gasteiger partial charge in [-0.2, -0.15) is 0 Å². The number of para-hydroxylation sites is 1. The summed E-state index contributed by atoms with van der Waals surface area (Å²) in [7, 11) is -3.46. The number of benzene rings is 4. The van der Waals surface area contributed by atoms with Gasteiger partial charge in [-0.1, -0.05) is 84.9 Å². The van der Waals surface area contributed by atoms with E-state index < -0.39 is 12.8 Å². The van der Waals surface area contributed by atoms with Crippen molar-refractivity contribution in [3.63, 3.8) is 0 Å². The monoisotopic (exact) mass is 508 g/mol. The van der Waals surface area contributed by atoms with Gasteiger partial charge < -0.3 is 14.0 Å². The highest BCUT2D eigenvalue weighted by atomic mass is 31.2. The van der Waals surface area contributed by atoms with Crippen LogP contribution in [0.15, 0.2) is 114 Å². The van der Waals surface area contributed by atoms with Crippen molar-refractivity contribution in [3.8, 4) is 17.2 Å². The molecule has 0 bridgehead atoms. The number of H-pyrrole nitrogens is 1. The quantitative estimate of drug-likeness (QED) is 0.316. The van der Waals surface area contributed by atoms with Crippen molar-refractivity contribution in [3.05, 3.63) is 136 Å². The minimum atomic E-state index is -3.46. The van der Waals surface area contributed by atoms with Gasteiger partial charge in [0.15, 0.2) is 18.6 Å². The van der Waals surface area contributed by atoms with Crippen molar-refractivity contribution in [1.82, 2.24) is 9.78 Å². The van der Waals surface area contributed by atoms with E-state index in [4.69, 9.17) is 9.47 Å². The molecule has 0 aliphatic carbocycles. The molecule has 1 aliphatic heterocycles. The van der Waals surface area contributed by atoms with Gasteiger partial charge >= 0.3 is 0 Å². The van der Waals surface area contributed by atoms with E-state index in [0.29, 0.717) is 39.1 Å². The lowest BCUT2D eigenvalue weighted by Gasteiger charge is -2.29. The number of hydrogen-bond donors (Lipinski definition) is 1. The predicted octanol–water partition coefficient (Wildman–Crippen LogP) is 5.31. The highest BCUT2D eigenvalue weighted by molar-refractivity contribution is 7.79. The molecular formula is C30H25N2O4P. The van der Waals surface area contributed by atoms with Crippen LogP contribution >= 0.6 is 7.14 Å². The van der Waals surface area contributed by atoms with Gasteiger partial charge in [0.2, 0.25) is 6.79 Å². The maximum atomic E-state index is 15.6. The average molecular weight is 509 g/mol. The zero-order valence-corrected chi connectivity index (χ0v) is 21.1. The molecule has 1 unspecified atom stereocenters. The summed E-state index contributed by atoms with van der Waals surface area (Å²) >= 11 is 0. The Morgan fingerprint density at radius 2 is 1.35 bits per heavy atom. The summed E-state index contributed by atoms with van der Waals surface area (Å²) in [6.45, 7) is 1.99. The first-order valence-electron chi connectivity index (χ1n) is 12.0. The van der Waals surface area contributed by atoms with Gasteiger partial charge in [0.1, 0.15) is 0 Å². The molecule has 1 aliphatic rings. The highest BCUT2D eigenvalue weighted by Crippen LogP contribution is 2.60. The molecule has 5 aromatic rings. The third kappa shape index (κ3) is 3.90. The zero-order chi connectivity index (χ0) is 25.4. The van der Waals surface area contributed by atoms with Crippen LogP contribution in [-0.4, -0.2) is 16.6 Å². The topological polar surface area (TPSA) is 73.3 Å². The Balaban J connectivity index is 1.67. The molecule has 0 amide bonds. The number of nitrogens with one attached hydrogen (secondary N) is 1. The largest absolute Gasteiger partial charge is 0.454 e. The van der Waals surface area contributed by atoms with E-state index in [1.807, 2.05) is 116 Å². The summed E-state index contributed by atoms with van der Waals surface area (Å²) in [4.78, 5) is 14.1. The number of rotatable bonds is 6. The number of aromatic nitrogens is 2. The van der Waals surface area contributed by atoms with E-state index >= 15 is 4.57 Å². The van der Waals surface area contributed by atoms with E-state index in [1.165, 1.54) is 4.68 Å². The second-order valence-corrected chi connectivity index (χ2v) is 11.8. The smallest absolute Gasteiger partial charge is 0.275 e. The van der Waals surface area contributed by atoms with Crippen molar-refractivity contribution in [2.24, 2.45) is 0 Å². The summed E-state index contributed by atoms with van der Waals surface area (Å²) < 4.78 is 28.4. The third-order valence-corrected chi connectivity index (χ3v) is 10.2. The second-order valence-electron chi connectivity index (χ2n) is 8.97. The molecule has 4 aromatic carbocycles. The van der Waals surface area contributed by atoms with Crippen molar-refractivity contribution in [2.75, 3.05) is 6.79 Å². The molecule has 0 saturated carbocycles. The van der Waals surface area contributed by atoms with Crippen LogP contribution < -0.4 is 25.6 Å². The van der Waals surface area contributed by atoms with Crippen LogP contribution in [0.2, 0.25) is 0 Å². The maximum absolute atomic E-state index is 15.6. The predicted molar refractivity (Wildman–Crippen MR) is 145 cm³/mol. The Morgan fingerprint density at radius 1 is 0.784 bits per heavy atom. The Kier molecular flexibility index (Phi) is 5.82. The molecule has 1 N–H and O–H groups in total. The minimum Gasteiger partial charge on any atom is -0.454 e. The fourth-order valence-electron chi connectivity index (χ4n) is 5.03. The minimum absolute atomic E-state index is 0.127. The Hall–Kier alpha value is -4.28. The fraction of sp³-hybridized carbons (Fsp3) is 0.100. The standard InChI is InChI=1S/C30H25N2O4P/c1-21-28(30(33)32(31-21)23-11-5-2-6-12-23)29(22-17-18-26-27(19-22)36-20-35-26)37(34,24-13-7-3-8-14-24)25-15-9-4-10-16-25/h2-19,29,31H,20H2,1H3. The summed E-state index contributed by atoms with van der Waals surface area (Å²) in [5.41, 5.74) is 1.54. The highest BCUT2D eigenvalue weighted by Gasteiger charge is 2.42. The summed E-state index contributed by atoms with van der Waals surface area (Å²) in [5.74, 6) is 1.20. The van der Waals surface area contributed by atoms with E-state index in [-0.39, 0.29) is 12.4 Å². The summed E-state index contributed by atoms with van der Waals surface area (Å²) in [6.07, 6.45) is 0. The van der Waals surface area contributed by atoms with Gasteiger partial charge in [-0.15, -0.1) is 0 Å². The molecule has 0 spiro atoms. The fourth-order valence-corrected chi connectivity index (χ4v) is 8.40. The molecule has 6 nitrogen and oxygen atoms in total. The summed E-state index contributed by atoms with van der Waals surface area (Å²) in [5, 5.41) is 4.59. The first-order chi connectivity index (χ1) is 18.1. The molecule has 37 heavy (non-hydrogen) atoms. The molecule has 184 valence electrons. The molecule has 1 aromatic heterocycles. The van der Waals surface area contributed by atoms with Gasteiger partial charge in [0.25, 0.3) is 5.56 Å². The Labute approximate surface area is 214 Å². The van der Waals surface area contributed by atoms with E-state index in [1.54, 1.807) is 0 Å². The average Bonchev–Trinajstić information content (AvgIpc) is 3.54. The van der Waals surface area contributed by atoms with Crippen molar-refractivity contribution < 1.29 is 14.0 Å². The summed E-state index contributed by atoms with van der Waals surface area (Å²) in [6, 6.07) is 33.8. The van der Waals surface area contributed by atoms with Crippen molar-refractivity contribution >= 4 is 17.8 Å². The van der Waals surface area contributed by atoms with Gasteiger partial charge in [0.05, 0.1) is 16.9 Å². The first-order valence-corrected chi connectivity index (χ1v) is 13.8. The lowest BCUT2D eigenvalue weighted by atomic mass is 10.0. The van der Waals surface area contributed by atoms with E-state index in [2.05, 4.69) is 5.10 Å². The van der Waals surface area contributed by atoms with Crippen molar-refractivity contribution in [2.45, 2.75) is 12.6 Å².